The van der Waals surface area contributed by atoms with Crippen molar-refractivity contribution in [1.29, 1.82) is 0 Å². The quantitative estimate of drug-likeness (QED) is 0.834. The minimum absolute atomic E-state index is 0.0247. The zero-order valence-electron chi connectivity index (χ0n) is 9.25. The predicted molar refractivity (Wildman–Crippen MR) is 71.3 cm³/mol. The van der Waals surface area contributed by atoms with Crippen LogP contribution < -0.4 is 5.32 Å². The third-order valence-electron chi connectivity index (χ3n) is 2.19. The summed E-state index contributed by atoms with van der Waals surface area (Å²) in [5, 5.41) is 2.46. The summed E-state index contributed by atoms with van der Waals surface area (Å²) in [6.45, 7) is 0. The van der Waals surface area contributed by atoms with Crippen LogP contribution >= 0.6 is 27.5 Å². The van der Waals surface area contributed by atoms with Crippen molar-refractivity contribution in [3.8, 4) is 0 Å². The second-order valence-corrected chi connectivity index (χ2v) is 4.81. The molecule has 1 amide bonds. The average Bonchev–Trinajstić information content (AvgIpc) is 2.33. The molecular weight excluding hydrogens is 341 g/mol. The number of carbonyl (C=O) groups excluding carboxylic acids is 1. The molecule has 1 aromatic carbocycles. The Morgan fingerprint density at radius 3 is 2.68 bits per heavy atom. The number of hydrogen-bond acceptors (Lipinski definition) is 2. The van der Waals surface area contributed by atoms with Gasteiger partial charge >= 0.3 is 0 Å². The Hall–Kier alpha value is -1.53. The predicted octanol–water partition coefficient (Wildman–Crippen LogP) is 4.03. The Balaban J connectivity index is 2.29. The van der Waals surface area contributed by atoms with Crippen LogP contribution in [0.2, 0.25) is 5.02 Å². The van der Waals surface area contributed by atoms with Crippen LogP contribution in [-0.4, -0.2) is 10.9 Å². The van der Waals surface area contributed by atoms with E-state index in [0.29, 0.717) is 0 Å². The van der Waals surface area contributed by atoms with E-state index < -0.39 is 17.7 Å². The van der Waals surface area contributed by atoms with Crippen LogP contribution in [-0.2, 0) is 0 Å². The fraction of sp³-hybridized carbons (Fsp3) is 0. The topological polar surface area (TPSA) is 42.0 Å². The molecule has 0 unspecified atom stereocenters. The van der Waals surface area contributed by atoms with Crippen LogP contribution in [0.25, 0.3) is 0 Å². The third-order valence-corrected chi connectivity index (χ3v) is 3.12. The van der Waals surface area contributed by atoms with Crippen molar-refractivity contribution in [2.45, 2.75) is 0 Å². The zero-order valence-corrected chi connectivity index (χ0v) is 11.6. The maximum atomic E-state index is 13.0. The van der Waals surface area contributed by atoms with E-state index >= 15 is 0 Å². The summed E-state index contributed by atoms with van der Waals surface area (Å²) >= 11 is 8.90. The van der Waals surface area contributed by atoms with Crippen LogP contribution in [0.5, 0.6) is 0 Å². The molecule has 2 rings (SSSR count). The van der Waals surface area contributed by atoms with Gasteiger partial charge in [-0.15, -0.1) is 0 Å². The lowest BCUT2D eigenvalue weighted by Crippen LogP contribution is -2.15. The second kappa shape index (κ2) is 5.63. The van der Waals surface area contributed by atoms with Crippen molar-refractivity contribution < 1.29 is 13.6 Å². The lowest BCUT2D eigenvalue weighted by molar-refractivity contribution is 0.102. The van der Waals surface area contributed by atoms with E-state index in [1.54, 1.807) is 0 Å². The lowest BCUT2D eigenvalue weighted by atomic mass is 10.3. The highest BCUT2D eigenvalue weighted by Gasteiger charge is 2.14. The Kier molecular flexibility index (Phi) is 4.11. The third kappa shape index (κ3) is 3.27. The summed E-state index contributed by atoms with van der Waals surface area (Å²) < 4.78 is 26.2. The molecule has 2 aromatic rings. The van der Waals surface area contributed by atoms with Crippen molar-refractivity contribution in [2.75, 3.05) is 5.32 Å². The Morgan fingerprint density at radius 2 is 2.05 bits per heavy atom. The molecule has 0 radical (unpaired) electrons. The zero-order chi connectivity index (χ0) is 14.0. The molecule has 0 saturated heterocycles. The summed E-state index contributed by atoms with van der Waals surface area (Å²) in [6, 6.07) is 6.04. The molecule has 0 aliphatic rings. The van der Waals surface area contributed by atoms with Gasteiger partial charge in [-0.2, -0.15) is 4.39 Å². The largest absolute Gasteiger partial charge is 0.318 e. The number of halogens is 4. The van der Waals surface area contributed by atoms with Crippen LogP contribution in [0.3, 0.4) is 0 Å². The molecule has 0 atom stereocenters. The highest BCUT2D eigenvalue weighted by atomic mass is 79.9. The van der Waals surface area contributed by atoms with Gasteiger partial charge in [0.05, 0.1) is 10.7 Å². The first kappa shape index (κ1) is 13.9. The molecule has 19 heavy (non-hydrogen) atoms. The molecule has 1 heterocycles. The van der Waals surface area contributed by atoms with E-state index in [1.807, 2.05) is 0 Å². The maximum absolute atomic E-state index is 13.0. The Labute approximate surface area is 120 Å². The molecule has 0 bridgehead atoms. The normalized spacial score (nSPS) is 10.3. The second-order valence-electron chi connectivity index (χ2n) is 3.54. The highest BCUT2D eigenvalue weighted by molar-refractivity contribution is 9.10. The molecule has 98 valence electrons. The monoisotopic (exact) mass is 346 g/mol. The number of amides is 1. The smallest absolute Gasteiger partial charge is 0.274 e. The van der Waals surface area contributed by atoms with Gasteiger partial charge < -0.3 is 5.32 Å². The van der Waals surface area contributed by atoms with Gasteiger partial charge in [0.25, 0.3) is 5.91 Å². The van der Waals surface area contributed by atoms with Crippen molar-refractivity contribution in [3.63, 3.8) is 0 Å². The SMILES string of the molecule is O=C(Nc1c(Cl)cc(F)cc1Br)c1cccc(F)n1. The van der Waals surface area contributed by atoms with E-state index in [1.165, 1.54) is 12.1 Å². The maximum Gasteiger partial charge on any atom is 0.274 e. The summed E-state index contributed by atoms with van der Waals surface area (Å²) in [7, 11) is 0. The molecule has 0 aliphatic carbocycles. The summed E-state index contributed by atoms with van der Waals surface area (Å²) in [4.78, 5) is 15.3. The molecular formula is C12H6BrClF2N2O. The average molecular weight is 348 g/mol. The standard InChI is InChI=1S/C12H6BrClF2N2O/c13-7-4-6(15)5-8(14)11(7)18-12(19)9-2-1-3-10(16)17-9/h1-5H,(H,18,19). The van der Waals surface area contributed by atoms with Gasteiger partial charge in [0.2, 0.25) is 5.95 Å². The van der Waals surface area contributed by atoms with E-state index in [9.17, 15) is 13.6 Å². The van der Waals surface area contributed by atoms with Crippen LogP contribution in [0.1, 0.15) is 10.5 Å². The number of pyridine rings is 1. The number of nitrogens with zero attached hydrogens (tertiary/aromatic N) is 1. The molecule has 7 heteroatoms. The van der Waals surface area contributed by atoms with Gasteiger partial charge in [-0.25, -0.2) is 9.37 Å². The van der Waals surface area contributed by atoms with E-state index in [2.05, 4.69) is 26.2 Å². The molecule has 0 saturated carbocycles. The fourth-order valence-electron chi connectivity index (χ4n) is 1.37. The van der Waals surface area contributed by atoms with Gasteiger partial charge in [0.15, 0.2) is 0 Å². The highest BCUT2D eigenvalue weighted by Crippen LogP contribution is 2.31. The fourth-order valence-corrected chi connectivity index (χ4v) is 2.27. The van der Waals surface area contributed by atoms with Crippen molar-refractivity contribution >= 4 is 39.1 Å². The van der Waals surface area contributed by atoms with Gasteiger partial charge in [0, 0.05) is 4.47 Å². The first-order chi connectivity index (χ1) is 8.97. The van der Waals surface area contributed by atoms with Gasteiger partial charge in [0.1, 0.15) is 11.5 Å². The minimum Gasteiger partial charge on any atom is -0.318 e. The summed E-state index contributed by atoms with van der Waals surface area (Å²) in [5.41, 5.74) is 0.0893. The van der Waals surface area contributed by atoms with Gasteiger partial charge in [-0.05, 0) is 40.2 Å². The number of benzene rings is 1. The van der Waals surface area contributed by atoms with Crippen LogP contribution in [0.15, 0.2) is 34.8 Å². The number of anilines is 1. The number of nitrogens with one attached hydrogen (secondary N) is 1. The van der Waals surface area contributed by atoms with Crippen molar-refractivity contribution in [3.05, 3.63) is 57.3 Å². The molecule has 1 N–H and O–H groups in total. The van der Waals surface area contributed by atoms with E-state index in [4.69, 9.17) is 11.6 Å². The first-order valence-corrected chi connectivity index (χ1v) is 6.23. The Bertz CT molecular complexity index is 628. The molecule has 0 aliphatic heterocycles. The molecule has 0 spiro atoms. The minimum atomic E-state index is -0.767. The van der Waals surface area contributed by atoms with Gasteiger partial charge in [-0.1, -0.05) is 17.7 Å². The van der Waals surface area contributed by atoms with Gasteiger partial charge in [-0.3, -0.25) is 4.79 Å². The van der Waals surface area contributed by atoms with E-state index in [0.717, 1.165) is 18.2 Å². The lowest BCUT2D eigenvalue weighted by Gasteiger charge is -2.09. The van der Waals surface area contributed by atoms with Crippen molar-refractivity contribution in [1.82, 2.24) is 4.98 Å². The van der Waals surface area contributed by atoms with Crippen molar-refractivity contribution in [2.24, 2.45) is 0 Å². The summed E-state index contributed by atoms with van der Waals surface area (Å²) in [6.07, 6.45) is 0. The molecule has 3 nitrogen and oxygen atoms in total. The number of carbonyl (C=O) groups is 1. The van der Waals surface area contributed by atoms with Crippen LogP contribution in [0, 0.1) is 11.8 Å². The summed E-state index contributed by atoms with van der Waals surface area (Å²) in [5.74, 6) is -1.95. The number of rotatable bonds is 2. The number of hydrogen-bond donors (Lipinski definition) is 1. The van der Waals surface area contributed by atoms with Crippen LogP contribution in [0.4, 0.5) is 14.5 Å². The molecule has 0 fully saturated rings. The van der Waals surface area contributed by atoms with E-state index in [-0.39, 0.29) is 20.9 Å². The number of aromatic nitrogens is 1. The Morgan fingerprint density at radius 1 is 1.32 bits per heavy atom. The first-order valence-electron chi connectivity index (χ1n) is 5.06. The molecule has 1 aromatic heterocycles.